The van der Waals surface area contributed by atoms with E-state index >= 15 is 0 Å². The minimum Gasteiger partial charge on any atom is -0.507 e. The molecule has 5 aromatic carbocycles. The first-order chi connectivity index (χ1) is 16.3. The molecule has 0 saturated heterocycles. The van der Waals surface area contributed by atoms with Crippen molar-refractivity contribution in [2.45, 2.75) is 6.61 Å². The molecule has 2 nitrogen and oxygen atoms in total. The van der Waals surface area contributed by atoms with Gasteiger partial charge in [0.2, 0.25) is 0 Å². The van der Waals surface area contributed by atoms with Crippen LogP contribution in [0.15, 0.2) is 127 Å². The lowest BCUT2D eigenvalue weighted by Gasteiger charge is -2.18. The molecule has 0 amide bonds. The van der Waals surface area contributed by atoms with E-state index in [9.17, 15) is 5.11 Å². The Kier molecular flexibility index (Phi) is 5.90. The molecular weight excluding hydrogens is 404 g/mol. The Morgan fingerprint density at radius 2 is 1.03 bits per heavy atom. The van der Waals surface area contributed by atoms with E-state index in [-0.39, 0.29) is 5.75 Å². The summed E-state index contributed by atoms with van der Waals surface area (Å²) in [7, 11) is 0. The number of phenols is 1. The number of aromatic hydroxyl groups is 1. The van der Waals surface area contributed by atoms with E-state index in [2.05, 4.69) is 36.4 Å². The zero-order chi connectivity index (χ0) is 22.5. The number of phenolic OH excluding ortho intramolecular Hbond substituents is 1. The first kappa shape index (κ1) is 20.6. The van der Waals surface area contributed by atoms with Crippen LogP contribution in [-0.2, 0) is 6.61 Å². The van der Waals surface area contributed by atoms with E-state index in [0.29, 0.717) is 6.61 Å². The first-order valence-electron chi connectivity index (χ1n) is 11.0. The predicted octanol–water partition coefficient (Wildman–Crippen LogP) is 7.97. The molecule has 0 aromatic heterocycles. The summed E-state index contributed by atoms with van der Waals surface area (Å²) in [5.41, 5.74) is 7.16. The van der Waals surface area contributed by atoms with Crippen LogP contribution < -0.4 is 4.74 Å². The Bertz CT molecular complexity index is 1330. The van der Waals surface area contributed by atoms with Crippen molar-refractivity contribution in [2.24, 2.45) is 0 Å². The number of rotatable bonds is 6. The topological polar surface area (TPSA) is 29.5 Å². The number of hydrogen-bond donors (Lipinski definition) is 1. The Labute approximate surface area is 194 Å². The Morgan fingerprint density at radius 1 is 0.485 bits per heavy atom. The third-order valence-corrected chi connectivity index (χ3v) is 5.72. The van der Waals surface area contributed by atoms with Crippen molar-refractivity contribution in [3.05, 3.63) is 133 Å². The van der Waals surface area contributed by atoms with Gasteiger partial charge in [-0.05, 0) is 46.0 Å². The molecule has 0 fully saturated rings. The van der Waals surface area contributed by atoms with Gasteiger partial charge in [-0.1, -0.05) is 109 Å². The second kappa shape index (κ2) is 9.46. The summed E-state index contributed by atoms with van der Waals surface area (Å²) >= 11 is 0. The van der Waals surface area contributed by atoms with Crippen LogP contribution in [0.1, 0.15) is 5.56 Å². The minimum atomic E-state index is 0.270. The average molecular weight is 429 g/mol. The van der Waals surface area contributed by atoms with Crippen molar-refractivity contribution in [3.63, 3.8) is 0 Å². The van der Waals surface area contributed by atoms with Gasteiger partial charge in [0, 0.05) is 11.1 Å². The second-order valence-corrected chi connectivity index (χ2v) is 7.91. The fraction of sp³-hybridized carbons (Fsp3) is 0.0323. The normalized spacial score (nSPS) is 10.7. The van der Waals surface area contributed by atoms with Crippen molar-refractivity contribution in [1.82, 2.24) is 0 Å². The molecule has 0 unspecified atom stereocenters. The molecule has 0 radical (unpaired) electrons. The summed E-state index contributed by atoms with van der Waals surface area (Å²) in [6.45, 7) is 0.535. The van der Waals surface area contributed by atoms with Crippen molar-refractivity contribution >= 4 is 0 Å². The standard InChI is InChI=1S/C31H24O2/c32-29-21-20-28(24-16-18-27(19-17-24)33-22-23-10-4-1-5-11-23)30(25-12-6-2-7-13-25)31(29)26-14-8-3-9-15-26/h1-21,32H,22H2. The fourth-order valence-electron chi connectivity index (χ4n) is 4.11. The van der Waals surface area contributed by atoms with Gasteiger partial charge in [-0.3, -0.25) is 0 Å². The maximum Gasteiger partial charge on any atom is 0.124 e. The zero-order valence-electron chi connectivity index (χ0n) is 18.2. The molecule has 0 aliphatic heterocycles. The molecule has 0 saturated carbocycles. The van der Waals surface area contributed by atoms with E-state index in [4.69, 9.17) is 4.74 Å². The Morgan fingerprint density at radius 3 is 1.64 bits per heavy atom. The molecule has 0 bridgehead atoms. The molecule has 160 valence electrons. The molecule has 0 heterocycles. The van der Waals surface area contributed by atoms with Crippen LogP contribution in [0.3, 0.4) is 0 Å². The lowest BCUT2D eigenvalue weighted by atomic mass is 9.87. The highest BCUT2D eigenvalue weighted by atomic mass is 16.5. The average Bonchev–Trinajstić information content (AvgIpc) is 2.89. The van der Waals surface area contributed by atoms with E-state index < -0.39 is 0 Å². The van der Waals surface area contributed by atoms with E-state index in [1.54, 1.807) is 6.07 Å². The number of hydrogen-bond acceptors (Lipinski definition) is 2. The maximum atomic E-state index is 10.9. The van der Waals surface area contributed by atoms with E-state index in [0.717, 1.165) is 44.7 Å². The molecule has 0 aliphatic carbocycles. The Balaban J connectivity index is 1.55. The van der Waals surface area contributed by atoms with Gasteiger partial charge in [0.25, 0.3) is 0 Å². The van der Waals surface area contributed by atoms with Crippen LogP contribution in [-0.4, -0.2) is 5.11 Å². The Hall–Kier alpha value is -4.30. The summed E-state index contributed by atoms with van der Waals surface area (Å²) in [5.74, 6) is 1.09. The van der Waals surface area contributed by atoms with Crippen molar-refractivity contribution < 1.29 is 9.84 Å². The largest absolute Gasteiger partial charge is 0.507 e. The molecule has 5 rings (SSSR count). The summed E-state index contributed by atoms with van der Waals surface area (Å²) < 4.78 is 5.97. The molecule has 33 heavy (non-hydrogen) atoms. The lowest BCUT2D eigenvalue weighted by molar-refractivity contribution is 0.306. The van der Waals surface area contributed by atoms with Crippen LogP contribution >= 0.6 is 0 Å². The summed E-state index contributed by atoms with van der Waals surface area (Å²) in [5, 5.41) is 10.9. The summed E-state index contributed by atoms with van der Waals surface area (Å²) in [6, 6.07) is 42.4. The third-order valence-electron chi connectivity index (χ3n) is 5.72. The summed E-state index contributed by atoms with van der Waals surface area (Å²) in [6.07, 6.45) is 0. The summed E-state index contributed by atoms with van der Waals surface area (Å²) in [4.78, 5) is 0. The highest BCUT2D eigenvalue weighted by Crippen LogP contribution is 2.44. The minimum absolute atomic E-state index is 0.270. The first-order valence-corrected chi connectivity index (χ1v) is 11.0. The van der Waals surface area contributed by atoms with Gasteiger partial charge in [0.15, 0.2) is 0 Å². The lowest BCUT2D eigenvalue weighted by Crippen LogP contribution is -1.95. The fourth-order valence-corrected chi connectivity index (χ4v) is 4.11. The predicted molar refractivity (Wildman–Crippen MR) is 135 cm³/mol. The van der Waals surface area contributed by atoms with Crippen LogP contribution in [0, 0.1) is 0 Å². The third kappa shape index (κ3) is 4.51. The van der Waals surface area contributed by atoms with Gasteiger partial charge in [0.1, 0.15) is 18.1 Å². The van der Waals surface area contributed by atoms with Gasteiger partial charge in [-0.15, -0.1) is 0 Å². The SMILES string of the molecule is Oc1ccc(-c2ccc(OCc3ccccc3)cc2)c(-c2ccccc2)c1-c1ccccc1. The molecule has 0 spiro atoms. The van der Waals surface area contributed by atoms with Crippen molar-refractivity contribution in [2.75, 3.05) is 0 Å². The van der Waals surface area contributed by atoms with Gasteiger partial charge in [-0.25, -0.2) is 0 Å². The van der Waals surface area contributed by atoms with Crippen LogP contribution in [0.2, 0.25) is 0 Å². The molecule has 5 aromatic rings. The number of benzene rings is 5. The van der Waals surface area contributed by atoms with E-state index in [1.165, 1.54) is 0 Å². The molecule has 2 heteroatoms. The molecule has 0 aliphatic rings. The highest BCUT2D eigenvalue weighted by Gasteiger charge is 2.17. The maximum absolute atomic E-state index is 10.9. The van der Waals surface area contributed by atoms with Gasteiger partial charge in [-0.2, -0.15) is 0 Å². The second-order valence-electron chi connectivity index (χ2n) is 7.91. The van der Waals surface area contributed by atoms with Crippen molar-refractivity contribution in [1.29, 1.82) is 0 Å². The monoisotopic (exact) mass is 428 g/mol. The van der Waals surface area contributed by atoms with Crippen molar-refractivity contribution in [3.8, 4) is 44.9 Å². The molecular formula is C31H24O2. The van der Waals surface area contributed by atoms with E-state index in [1.807, 2.05) is 84.9 Å². The highest BCUT2D eigenvalue weighted by molar-refractivity contribution is 5.97. The van der Waals surface area contributed by atoms with Gasteiger partial charge >= 0.3 is 0 Å². The molecule has 1 N–H and O–H groups in total. The van der Waals surface area contributed by atoms with Gasteiger partial charge in [0.05, 0.1) is 0 Å². The zero-order valence-corrected chi connectivity index (χ0v) is 18.2. The van der Waals surface area contributed by atoms with Crippen LogP contribution in [0.5, 0.6) is 11.5 Å². The number of ether oxygens (including phenoxy) is 1. The smallest absolute Gasteiger partial charge is 0.124 e. The van der Waals surface area contributed by atoms with Crippen LogP contribution in [0.25, 0.3) is 33.4 Å². The van der Waals surface area contributed by atoms with Crippen LogP contribution in [0.4, 0.5) is 0 Å². The van der Waals surface area contributed by atoms with Gasteiger partial charge < -0.3 is 9.84 Å². The quantitative estimate of drug-likeness (QED) is 0.297. The molecule has 0 atom stereocenters.